The van der Waals surface area contributed by atoms with Crippen molar-refractivity contribution in [1.82, 2.24) is 4.90 Å². The number of ether oxygens (including phenoxy) is 2. The van der Waals surface area contributed by atoms with Crippen LogP contribution >= 0.6 is 0 Å². The fourth-order valence-corrected chi connectivity index (χ4v) is 3.05. The Morgan fingerprint density at radius 2 is 2.00 bits per heavy atom. The zero-order valence-electron chi connectivity index (χ0n) is 11.7. The Balaban J connectivity index is 2.88. The molecule has 1 fully saturated rings. The molecule has 17 heavy (non-hydrogen) atoms. The highest BCUT2D eigenvalue weighted by Gasteiger charge is 2.43. The fraction of sp³-hybridized carbons (Fsp3) is 1.00. The zero-order valence-corrected chi connectivity index (χ0v) is 11.7. The van der Waals surface area contributed by atoms with Gasteiger partial charge in [0.05, 0.1) is 5.54 Å². The van der Waals surface area contributed by atoms with Crippen LogP contribution in [0.4, 0.5) is 0 Å². The van der Waals surface area contributed by atoms with Crippen LogP contribution in [-0.2, 0) is 9.47 Å². The normalized spacial score (nSPS) is 26.1. The summed E-state index contributed by atoms with van der Waals surface area (Å²) in [7, 11) is 3.37. The van der Waals surface area contributed by atoms with Crippen molar-refractivity contribution in [2.75, 3.05) is 27.3 Å². The minimum atomic E-state index is -0.264. The fourth-order valence-electron chi connectivity index (χ4n) is 3.05. The maximum atomic E-state index is 6.01. The van der Waals surface area contributed by atoms with Gasteiger partial charge in [-0.2, -0.15) is 0 Å². The molecular weight excluding hydrogens is 216 g/mol. The summed E-state index contributed by atoms with van der Waals surface area (Å²) in [6, 6.07) is 0.602. The molecule has 4 nitrogen and oxygen atoms in total. The van der Waals surface area contributed by atoms with Crippen molar-refractivity contribution >= 4 is 0 Å². The van der Waals surface area contributed by atoms with Crippen molar-refractivity contribution in [2.45, 2.75) is 57.4 Å². The van der Waals surface area contributed by atoms with E-state index in [0.29, 0.717) is 12.6 Å². The van der Waals surface area contributed by atoms with Crippen LogP contribution in [0, 0.1) is 0 Å². The Kier molecular flexibility index (Phi) is 5.86. The molecule has 1 heterocycles. The first kappa shape index (κ1) is 14.9. The van der Waals surface area contributed by atoms with Crippen molar-refractivity contribution in [1.29, 1.82) is 0 Å². The number of piperidine rings is 1. The van der Waals surface area contributed by atoms with E-state index in [0.717, 1.165) is 13.0 Å². The van der Waals surface area contributed by atoms with Gasteiger partial charge in [0.1, 0.15) is 0 Å². The van der Waals surface area contributed by atoms with Gasteiger partial charge in [0, 0.05) is 26.8 Å². The van der Waals surface area contributed by atoms with Gasteiger partial charge in [-0.1, -0.05) is 13.3 Å². The number of methoxy groups -OCH3 is 2. The number of nitrogens with zero attached hydrogens (tertiary/aromatic N) is 1. The van der Waals surface area contributed by atoms with Crippen molar-refractivity contribution < 1.29 is 9.47 Å². The summed E-state index contributed by atoms with van der Waals surface area (Å²) in [6.07, 6.45) is 4.72. The van der Waals surface area contributed by atoms with Crippen LogP contribution in [0.25, 0.3) is 0 Å². The van der Waals surface area contributed by atoms with Crippen molar-refractivity contribution in [3.63, 3.8) is 0 Å². The second kappa shape index (κ2) is 6.69. The van der Waals surface area contributed by atoms with E-state index in [9.17, 15) is 0 Å². The lowest BCUT2D eigenvalue weighted by molar-refractivity contribution is -0.191. The van der Waals surface area contributed by atoms with Gasteiger partial charge in [0.2, 0.25) is 0 Å². The van der Waals surface area contributed by atoms with E-state index in [1.807, 2.05) is 0 Å². The predicted octanol–water partition coefficient (Wildman–Crippen LogP) is 1.59. The molecule has 0 saturated carbocycles. The maximum Gasteiger partial charge on any atom is 0.176 e. The van der Waals surface area contributed by atoms with Crippen molar-refractivity contribution in [3.05, 3.63) is 0 Å². The molecule has 2 atom stereocenters. The molecule has 0 amide bonds. The Morgan fingerprint density at radius 1 is 1.35 bits per heavy atom. The van der Waals surface area contributed by atoms with Gasteiger partial charge in [-0.25, -0.2) is 0 Å². The smallest absolute Gasteiger partial charge is 0.176 e. The molecule has 1 saturated heterocycles. The second-order valence-corrected chi connectivity index (χ2v) is 5.12. The number of nitrogens with two attached hydrogens (primary N) is 1. The summed E-state index contributed by atoms with van der Waals surface area (Å²) < 4.78 is 10.9. The van der Waals surface area contributed by atoms with Crippen LogP contribution in [0.2, 0.25) is 0 Å². The molecule has 2 N–H and O–H groups in total. The van der Waals surface area contributed by atoms with Crippen molar-refractivity contribution in [3.8, 4) is 0 Å². The molecule has 102 valence electrons. The average Bonchev–Trinajstić information content (AvgIpc) is 2.39. The molecule has 2 unspecified atom stereocenters. The molecule has 0 spiro atoms. The van der Waals surface area contributed by atoms with Gasteiger partial charge in [0.25, 0.3) is 0 Å². The largest absolute Gasteiger partial charge is 0.354 e. The molecule has 4 heteroatoms. The summed E-state index contributed by atoms with van der Waals surface area (Å²) in [6.45, 7) is 6.04. The molecule has 1 rings (SSSR count). The Morgan fingerprint density at radius 3 is 2.47 bits per heavy atom. The number of hydrogen-bond donors (Lipinski definition) is 1. The zero-order chi connectivity index (χ0) is 12.9. The highest BCUT2D eigenvalue weighted by molar-refractivity contribution is 4.95. The predicted molar refractivity (Wildman–Crippen MR) is 69.9 cm³/mol. The van der Waals surface area contributed by atoms with E-state index >= 15 is 0 Å². The van der Waals surface area contributed by atoms with E-state index in [-0.39, 0.29) is 11.8 Å². The first-order chi connectivity index (χ1) is 8.13. The summed E-state index contributed by atoms with van der Waals surface area (Å²) in [5, 5.41) is 0. The molecular formula is C13H28N2O2. The van der Waals surface area contributed by atoms with Crippen LogP contribution < -0.4 is 5.73 Å². The van der Waals surface area contributed by atoms with E-state index in [2.05, 4.69) is 18.7 Å². The molecule has 1 aliphatic heterocycles. The molecule has 0 bridgehead atoms. The standard InChI is InChI=1S/C13H28N2O2/c1-5-11-8-6-7-9-15(11)13(2,10-14)12(16-3)17-4/h11-12H,5-10,14H2,1-4H3. The van der Waals surface area contributed by atoms with Crippen LogP contribution in [0.5, 0.6) is 0 Å². The lowest BCUT2D eigenvalue weighted by Gasteiger charge is -2.50. The van der Waals surface area contributed by atoms with Crippen LogP contribution in [0.3, 0.4) is 0 Å². The van der Waals surface area contributed by atoms with Crippen LogP contribution in [0.15, 0.2) is 0 Å². The van der Waals surface area contributed by atoms with Crippen molar-refractivity contribution in [2.24, 2.45) is 5.73 Å². The molecule has 0 aromatic carbocycles. The van der Waals surface area contributed by atoms with E-state index in [1.165, 1.54) is 19.3 Å². The molecule has 0 radical (unpaired) electrons. The minimum Gasteiger partial charge on any atom is -0.354 e. The van der Waals surface area contributed by atoms with Crippen LogP contribution in [0.1, 0.15) is 39.5 Å². The monoisotopic (exact) mass is 244 g/mol. The first-order valence-electron chi connectivity index (χ1n) is 6.66. The number of rotatable bonds is 6. The third kappa shape index (κ3) is 2.99. The Bertz CT molecular complexity index is 221. The number of hydrogen-bond acceptors (Lipinski definition) is 4. The Hall–Kier alpha value is -0.160. The quantitative estimate of drug-likeness (QED) is 0.721. The minimum absolute atomic E-state index is 0.232. The van der Waals surface area contributed by atoms with E-state index in [1.54, 1.807) is 14.2 Å². The molecule has 0 aliphatic carbocycles. The van der Waals surface area contributed by atoms with E-state index in [4.69, 9.17) is 15.2 Å². The summed E-state index contributed by atoms with van der Waals surface area (Å²) in [5.74, 6) is 0. The highest BCUT2D eigenvalue weighted by Crippen LogP contribution is 2.30. The molecule has 1 aliphatic rings. The molecule has 0 aromatic heterocycles. The van der Waals surface area contributed by atoms with Crippen LogP contribution in [-0.4, -0.2) is 50.1 Å². The lowest BCUT2D eigenvalue weighted by atomic mass is 9.90. The highest BCUT2D eigenvalue weighted by atomic mass is 16.7. The maximum absolute atomic E-state index is 6.01. The van der Waals surface area contributed by atoms with Gasteiger partial charge in [-0.15, -0.1) is 0 Å². The lowest BCUT2D eigenvalue weighted by Crippen LogP contribution is -2.64. The summed E-state index contributed by atoms with van der Waals surface area (Å²) >= 11 is 0. The van der Waals surface area contributed by atoms with Gasteiger partial charge in [-0.3, -0.25) is 4.90 Å². The Labute approximate surface area is 105 Å². The van der Waals surface area contributed by atoms with Gasteiger partial charge < -0.3 is 15.2 Å². The van der Waals surface area contributed by atoms with Gasteiger partial charge >= 0.3 is 0 Å². The summed E-state index contributed by atoms with van der Waals surface area (Å²) in [4.78, 5) is 2.49. The second-order valence-electron chi connectivity index (χ2n) is 5.12. The number of likely N-dealkylation sites (tertiary alicyclic amines) is 1. The SMILES string of the molecule is CCC1CCCCN1C(C)(CN)C(OC)OC. The van der Waals surface area contributed by atoms with Gasteiger partial charge in [-0.05, 0) is 32.7 Å². The third-order valence-corrected chi connectivity index (χ3v) is 4.10. The molecule has 0 aromatic rings. The average molecular weight is 244 g/mol. The van der Waals surface area contributed by atoms with Gasteiger partial charge in [0.15, 0.2) is 6.29 Å². The third-order valence-electron chi connectivity index (χ3n) is 4.10. The summed E-state index contributed by atoms with van der Waals surface area (Å²) in [5.41, 5.74) is 5.77. The topological polar surface area (TPSA) is 47.7 Å². The first-order valence-corrected chi connectivity index (χ1v) is 6.66. The van der Waals surface area contributed by atoms with E-state index < -0.39 is 0 Å².